The fraction of sp³-hybridized carbons (Fsp3) is 0.385. The first-order chi connectivity index (χ1) is 17.1. The summed E-state index contributed by atoms with van der Waals surface area (Å²) >= 11 is 1.66. The Hall–Kier alpha value is -3.20. The number of halogens is 1. The molecule has 1 aromatic heterocycles. The van der Waals surface area contributed by atoms with Gasteiger partial charge in [0.05, 0.1) is 19.0 Å². The van der Waals surface area contributed by atoms with Crippen molar-refractivity contribution in [1.82, 2.24) is 25.4 Å². The van der Waals surface area contributed by atoms with Gasteiger partial charge in [-0.05, 0) is 54.7 Å². The summed E-state index contributed by atoms with van der Waals surface area (Å²) in [6.07, 6.45) is 6.48. The topological polar surface area (TPSA) is 88.9 Å². The highest BCUT2D eigenvalue weighted by Gasteiger charge is 2.29. The zero-order valence-corrected chi connectivity index (χ0v) is 20.2. The molecular weight excluding hydrogens is 465 g/mol. The third kappa shape index (κ3) is 5.40. The highest BCUT2D eigenvalue weighted by Crippen LogP contribution is 2.31. The standard InChI is InChI=1S/C26H28FN5O2S/c27-18-10-12-19(13-11-18)32-23(30-31-26(32)35-16-17-6-2-1-3-7-17)15-28-24(33)14-22-20-8-4-5-9-21(20)25(34)29-22/h4-5,8-13,17,22H,1-3,6-7,14-16H2,(H,28,33)(H,29,34)/t22-/m0/s1. The molecule has 2 aliphatic rings. The molecule has 0 saturated heterocycles. The number of hydrogen-bond acceptors (Lipinski definition) is 5. The lowest BCUT2D eigenvalue weighted by Gasteiger charge is -2.20. The summed E-state index contributed by atoms with van der Waals surface area (Å²) in [6, 6.07) is 13.2. The summed E-state index contributed by atoms with van der Waals surface area (Å²) in [6.45, 7) is 0.176. The molecule has 1 fully saturated rings. The van der Waals surface area contributed by atoms with Crippen LogP contribution in [0, 0.1) is 11.7 Å². The van der Waals surface area contributed by atoms with Crippen molar-refractivity contribution in [2.24, 2.45) is 5.92 Å². The number of carbonyl (C=O) groups excluding carboxylic acids is 2. The molecule has 1 aliphatic carbocycles. The van der Waals surface area contributed by atoms with Crippen LogP contribution in [0.15, 0.2) is 53.7 Å². The Kier molecular flexibility index (Phi) is 7.13. The molecule has 2 heterocycles. The van der Waals surface area contributed by atoms with Crippen LogP contribution in [-0.2, 0) is 11.3 Å². The quantitative estimate of drug-likeness (QED) is 0.449. The van der Waals surface area contributed by atoms with E-state index in [9.17, 15) is 14.0 Å². The van der Waals surface area contributed by atoms with Crippen LogP contribution in [0.4, 0.5) is 4.39 Å². The summed E-state index contributed by atoms with van der Waals surface area (Å²) in [5.74, 6) is 1.54. The van der Waals surface area contributed by atoms with Gasteiger partial charge in [-0.25, -0.2) is 4.39 Å². The number of thioether (sulfide) groups is 1. The maximum Gasteiger partial charge on any atom is 0.252 e. The lowest BCUT2D eigenvalue weighted by atomic mass is 9.91. The van der Waals surface area contributed by atoms with E-state index in [0.717, 1.165) is 22.2 Å². The number of amides is 2. The summed E-state index contributed by atoms with van der Waals surface area (Å²) in [5, 5.41) is 15.3. The second kappa shape index (κ2) is 10.6. The highest BCUT2D eigenvalue weighted by atomic mass is 32.2. The number of nitrogens with zero attached hydrogens (tertiary/aromatic N) is 3. The zero-order valence-electron chi connectivity index (χ0n) is 19.4. The van der Waals surface area contributed by atoms with Crippen molar-refractivity contribution in [3.8, 4) is 5.69 Å². The monoisotopic (exact) mass is 493 g/mol. The van der Waals surface area contributed by atoms with Gasteiger partial charge >= 0.3 is 0 Å². The molecular formula is C26H28FN5O2S. The van der Waals surface area contributed by atoms with E-state index in [-0.39, 0.29) is 36.6 Å². The first-order valence-electron chi connectivity index (χ1n) is 12.1. The van der Waals surface area contributed by atoms with Crippen LogP contribution in [0.1, 0.15) is 66.3 Å². The molecule has 182 valence electrons. The van der Waals surface area contributed by atoms with Crippen LogP contribution in [0.5, 0.6) is 0 Å². The average molecular weight is 494 g/mol. The molecule has 1 atom stereocenters. The molecule has 9 heteroatoms. The molecule has 5 rings (SSSR count). The molecule has 7 nitrogen and oxygen atoms in total. The number of nitrogens with one attached hydrogen (secondary N) is 2. The molecule has 35 heavy (non-hydrogen) atoms. The van der Waals surface area contributed by atoms with Gasteiger partial charge in [-0.3, -0.25) is 14.2 Å². The van der Waals surface area contributed by atoms with Crippen LogP contribution in [-0.4, -0.2) is 32.3 Å². The highest BCUT2D eigenvalue weighted by molar-refractivity contribution is 7.99. The van der Waals surface area contributed by atoms with E-state index >= 15 is 0 Å². The normalized spacial score (nSPS) is 17.7. The fourth-order valence-corrected chi connectivity index (χ4v) is 5.98. The van der Waals surface area contributed by atoms with Crippen molar-refractivity contribution >= 4 is 23.6 Å². The zero-order chi connectivity index (χ0) is 24.2. The molecule has 2 N–H and O–H groups in total. The lowest BCUT2D eigenvalue weighted by molar-refractivity contribution is -0.121. The SMILES string of the molecule is O=C(C[C@@H]1NC(=O)c2ccccc21)NCc1nnc(SCC2CCCCC2)n1-c1ccc(F)cc1. The van der Waals surface area contributed by atoms with Gasteiger partial charge < -0.3 is 10.6 Å². The number of rotatable bonds is 8. The van der Waals surface area contributed by atoms with Gasteiger partial charge in [-0.15, -0.1) is 10.2 Å². The second-order valence-electron chi connectivity index (χ2n) is 9.12. The van der Waals surface area contributed by atoms with E-state index in [1.165, 1.54) is 44.2 Å². The largest absolute Gasteiger partial charge is 0.349 e. The van der Waals surface area contributed by atoms with Crippen molar-refractivity contribution in [3.05, 3.63) is 71.3 Å². The van der Waals surface area contributed by atoms with Crippen molar-refractivity contribution in [1.29, 1.82) is 0 Å². The van der Waals surface area contributed by atoms with Crippen LogP contribution >= 0.6 is 11.8 Å². The van der Waals surface area contributed by atoms with Gasteiger partial charge in [-0.2, -0.15) is 0 Å². The van der Waals surface area contributed by atoms with Gasteiger partial charge in [0.1, 0.15) is 5.82 Å². The third-order valence-corrected chi connectivity index (χ3v) is 7.84. The summed E-state index contributed by atoms with van der Waals surface area (Å²) in [4.78, 5) is 24.9. The average Bonchev–Trinajstić information content (AvgIpc) is 3.43. The molecule has 3 aromatic rings. The Morgan fingerprint density at radius 3 is 2.66 bits per heavy atom. The number of fused-ring (bicyclic) bond motifs is 1. The molecule has 2 aromatic carbocycles. The Morgan fingerprint density at radius 2 is 1.86 bits per heavy atom. The van der Waals surface area contributed by atoms with Crippen molar-refractivity contribution in [2.75, 3.05) is 5.75 Å². The number of hydrogen-bond donors (Lipinski definition) is 2. The van der Waals surface area contributed by atoms with Gasteiger partial charge in [0.2, 0.25) is 5.91 Å². The van der Waals surface area contributed by atoms with Crippen LogP contribution in [0.2, 0.25) is 0 Å². The van der Waals surface area contributed by atoms with Crippen molar-refractivity contribution in [3.63, 3.8) is 0 Å². The van der Waals surface area contributed by atoms with Gasteiger partial charge in [-0.1, -0.05) is 49.2 Å². The van der Waals surface area contributed by atoms with E-state index in [2.05, 4.69) is 20.8 Å². The Labute approximate surface area is 207 Å². The second-order valence-corrected chi connectivity index (χ2v) is 10.1. The Balaban J connectivity index is 1.28. The fourth-order valence-electron chi connectivity index (χ4n) is 4.82. The van der Waals surface area contributed by atoms with Crippen LogP contribution < -0.4 is 10.6 Å². The van der Waals surface area contributed by atoms with Crippen LogP contribution in [0.25, 0.3) is 5.69 Å². The van der Waals surface area contributed by atoms with E-state index in [4.69, 9.17) is 0 Å². The van der Waals surface area contributed by atoms with Gasteiger partial charge in [0.15, 0.2) is 11.0 Å². The van der Waals surface area contributed by atoms with Crippen molar-refractivity contribution in [2.45, 2.75) is 56.3 Å². The molecule has 0 bridgehead atoms. The van der Waals surface area contributed by atoms with Crippen LogP contribution in [0.3, 0.4) is 0 Å². The van der Waals surface area contributed by atoms with Crippen molar-refractivity contribution < 1.29 is 14.0 Å². The summed E-state index contributed by atoms with van der Waals surface area (Å²) in [5.41, 5.74) is 2.20. The maximum absolute atomic E-state index is 13.6. The first kappa shape index (κ1) is 23.5. The third-order valence-electron chi connectivity index (χ3n) is 6.68. The predicted molar refractivity (Wildman–Crippen MR) is 132 cm³/mol. The molecule has 0 radical (unpaired) electrons. The lowest BCUT2D eigenvalue weighted by Crippen LogP contribution is -2.29. The maximum atomic E-state index is 13.6. The number of benzene rings is 2. The molecule has 0 unspecified atom stereocenters. The van der Waals surface area contributed by atoms with E-state index in [0.29, 0.717) is 17.3 Å². The first-order valence-corrected chi connectivity index (χ1v) is 13.1. The molecule has 0 spiro atoms. The molecule has 2 amide bonds. The minimum atomic E-state index is -0.352. The Bertz CT molecular complexity index is 1210. The predicted octanol–water partition coefficient (Wildman–Crippen LogP) is 4.57. The minimum Gasteiger partial charge on any atom is -0.349 e. The molecule has 1 saturated carbocycles. The number of carbonyl (C=O) groups is 2. The van der Waals surface area contributed by atoms with E-state index < -0.39 is 0 Å². The van der Waals surface area contributed by atoms with Gasteiger partial charge in [0, 0.05) is 17.0 Å². The summed E-state index contributed by atoms with van der Waals surface area (Å²) in [7, 11) is 0. The Morgan fingerprint density at radius 1 is 1.09 bits per heavy atom. The van der Waals surface area contributed by atoms with E-state index in [1.807, 2.05) is 22.8 Å². The van der Waals surface area contributed by atoms with Gasteiger partial charge in [0.25, 0.3) is 5.91 Å². The van der Waals surface area contributed by atoms with E-state index in [1.54, 1.807) is 30.0 Å². The number of aromatic nitrogens is 3. The minimum absolute atomic E-state index is 0.136. The summed E-state index contributed by atoms with van der Waals surface area (Å²) < 4.78 is 15.5. The molecule has 1 aliphatic heterocycles. The smallest absolute Gasteiger partial charge is 0.252 e.